The van der Waals surface area contributed by atoms with Gasteiger partial charge >= 0.3 is 11.8 Å². The molecular weight excluding hydrogens is 419 g/mol. The second-order valence-corrected chi connectivity index (χ2v) is 7.49. The maximum atomic E-state index is 14.5. The van der Waals surface area contributed by atoms with E-state index in [-0.39, 0.29) is 18.3 Å². The Morgan fingerprint density at radius 3 is 2.06 bits per heavy atom. The molecule has 3 aromatic rings. The highest BCUT2D eigenvalue weighted by Gasteiger charge is 2.67. The number of nitrogens with one attached hydrogen (secondary N) is 1. The van der Waals surface area contributed by atoms with E-state index in [4.69, 9.17) is 0 Å². The second kappa shape index (κ2) is 8.07. The van der Waals surface area contributed by atoms with Crippen LogP contribution in [0.5, 0.6) is 0 Å². The number of carbonyl (C=O) groups is 1. The molecule has 164 valence electrons. The minimum Gasteiger partial charge on any atom is -0.314 e. The Morgan fingerprint density at radius 1 is 0.938 bits per heavy atom. The van der Waals surface area contributed by atoms with Gasteiger partial charge in [-0.2, -0.15) is 13.2 Å². The lowest BCUT2D eigenvalue weighted by Gasteiger charge is -2.29. The molecule has 1 aliphatic heterocycles. The lowest BCUT2D eigenvalue weighted by molar-refractivity contribution is -0.185. The molecule has 0 radical (unpaired) electrons. The maximum absolute atomic E-state index is 14.5. The molecule has 2 heterocycles. The molecule has 6 nitrogen and oxygen atoms in total. The van der Waals surface area contributed by atoms with Crippen molar-refractivity contribution in [2.45, 2.75) is 32.2 Å². The minimum atomic E-state index is -5.05. The van der Waals surface area contributed by atoms with Crippen LogP contribution in [0.1, 0.15) is 22.5 Å². The standard InChI is InChI=1S/C23H20F3N5O/c1-15-13-16(2)28-21(27-15)30-22(23(24,25)26)20(32)31(14-17-9-5-3-6-10-17)19(29-22)18-11-7-4-8-12-18/h3-13H,14H2,1-2H3,(H,27,28,30)/t22-/m1/s1. The van der Waals surface area contributed by atoms with Crippen LogP contribution >= 0.6 is 0 Å². The van der Waals surface area contributed by atoms with E-state index in [0.29, 0.717) is 22.5 Å². The van der Waals surface area contributed by atoms with Crippen LogP contribution in [-0.4, -0.2) is 38.4 Å². The molecule has 0 saturated heterocycles. The number of hydrogen-bond acceptors (Lipinski definition) is 5. The van der Waals surface area contributed by atoms with E-state index in [1.807, 2.05) is 0 Å². The Kier molecular flexibility index (Phi) is 5.41. The van der Waals surface area contributed by atoms with Gasteiger partial charge in [0.2, 0.25) is 5.95 Å². The maximum Gasteiger partial charge on any atom is 0.442 e. The molecule has 1 N–H and O–H groups in total. The average Bonchev–Trinajstić information content (AvgIpc) is 3.02. The molecule has 9 heteroatoms. The summed E-state index contributed by atoms with van der Waals surface area (Å²) < 4.78 is 43.4. The first-order valence-electron chi connectivity index (χ1n) is 9.88. The number of amides is 1. The van der Waals surface area contributed by atoms with E-state index in [0.717, 1.165) is 4.90 Å². The fraction of sp³-hybridized carbons (Fsp3) is 0.217. The molecule has 4 rings (SSSR count). The molecule has 2 aromatic carbocycles. The van der Waals surface area contributed by atoms with Gasteiger partial charge in [-0.15, -0.1) is 0 Å². The van der Waals surface area contributed by atoms with Gasteiger partial charge in [0.05, 0.1) is 6.54 Å². The molecule has 32 heavy (non-hydrogen) atoms. The number of aromatic nitrogens is 2. The molecule has 0 spiro atoms. The number of hydrogen-bond donors (Lipinski definition) is 1. The van der Waals surface area contributed by atoms with Gasteiger partial charge in [0.15, 0.2) is 0 Å². The summed E-state index contributed by atoms with van der Waals surface area (Å²) >= 11 is 0. The highest BCUT2D eigenvalue weighted by molar-refractivity contribution is 6.16. The van der Waals surface area contributed by atoms with Gasteiger partial charge in [0.25, 0.3) is 5.91 Å². The van der Waals surface area contributed by atoms with Crippen LogP contribution < -0.4 is 5.32 Å². The molecule has 1 aliphatic rings. The number of alkyl halides is 3. The molecule has 1 amide bonds. The second-order valence-electron chi connectivity index (χ2n) is 7.49. The van der Waals surface area contributed by atoms with Crippen LogP contribution in [-0.2, 0) is 11.3 Å². The van der Waals surface area contributed by atoms with Crippen molar-refractivity contribution >= 4 is 17.7 Å². The number of benzene rings is 2. The van der Waals surface area contributed by atoms with Crippen LogP contribution in [0.25, 0.3) is 0 Å². The van der Waals surface area contributed by atoms with Crippen LogP contribution in [0.4, 0.5) is 19.1 Å². The lowest BCUT2D eigenvalue weighted by atomic mass is 10.1. The van der Waals surface area contributed by atoms with Crippen molar-refractivity contribution in [2.75, 3.05) is 5.32 Å². The van der Waals surface area contributed by atoms with E-state index < -0.39 is 17.7 Å². The predicted molar refractivity (Wildman–Crippen MR) is 114 cm³/mol. The van der Waals surface area contributed by atoms with Gasteiger partial charge in [-0.05, 0) is 25.5 Å². The number of aliphatic imine (C=N–C) groups is 1. The summed E-state index contributed by atoms with van der Waals surface area (Å²) in [7, 11) is 0. The Morgan fingerprint density at radius 2 is 1.50 bits per heavy atom. The molecule has 0 aliphatic carbocycles. The highest BCUT2D eigenvalue weighted by atomic mass is 19.4. The zero-order valence-electron chi connectivity index (χ0n) is 17.4. The first-order chi connectivity index (χ1) is 15.2. The fourth-order valence-electron chi connectivity index (χ4n) is 3.56. The zero-order chi connectivity index (χ0) is 22.9. The van der Waals surface area contributed by atoms with Gasteiger partial charge in [-0.1, -0.05) is 60.7 Å². The van der Waals surface area contributed by atoms with Crippen LogP contribution in [0.15, 0.2) is 71.7 Å². The first-order valence-corrected chi connectivity index (χ1v) is 9.88. The average molecular weight is 439 g/mol. The van der Waals surface area contributed by atoms with E-state index in [2.05, 4.69) is 20.3 Å². The number of nitrogens with zero attached hydrogens (tertiary/aromatic N) is 4. The predicted octanol–water partition coefficient (Wildman–Crippen LogP) is 4.25. The topological polar surface area (TPSA) is 70.5 Å². The first kappa shape index (κ1) is 21.5. The van der Waals surface area contributed by atoms with E-state index in [1.165, 1.54) is 0 Å². The Bertz CT molecular complexity index is 1150. The summed E-state index contributed by atoms with van der Waals surface area (Å²) in [5, 5.41) is 2.22. The smallest absolute Gasteiger partial charge is 0.314 e. The van der Waals surface area contributed by atoms with Gasteiger partial charge in [-0.25, -0.2) is 15.0 Å². The van der Waals surface area contributed by atoms with Crippen LogP contribution in [0.3, 0.4) is 0 Å². The summed E-state index contributed by atoms with van der Waals surface area (Å²) in [5.74, 6) is -1.63. The van der Waals surface area contributed by atoms with Gasteiger partial charge in [-0.3, -0.25) is 9.69 Å². The van der Waals surface area contributed by atoms with E-state index in [1.54, 1.807) is 80.6 Å². The largest absolute Gasteiger partial charge is 0.442 e. The van der Waals surface area contributed by atoms with Gasteiger partial charge < -0.3 is 5.32 Å². The Labute approximate surface area is 182 Å². The molecule has 0 unspecified atom stereocenters. The number of halogens is 3. The number of carbonyl (C=O) groups excluding carboxylic acids is 1. The molecule has 1 atom stereocenters. The number of aryl methyl sites for hydroxylation is 2. The van der Waals surface area contributed by atoms with Crippen molar-refractivity contribution < 1.29 is 18.0 Å². The SMILES string of the molecule is Cc1cc(C)nc(N[C@]2(C(F)(F)F)N=C(c3ccccc3)N(Cc3ccccc3)C2=O)n1. The van der Waals surface area contributed by atoms with E-state index in [9.17, 15) is 18.0 Å². The van der Waals surface area contributed by atoms with E-state index >= 15 is 0 Å². The zero-order valence-corrected chi connectivity index (χ0v) is 17.4. The Balaban J connectivity index is 1.85. The van der Waals surface area contributed by atoms with Crippen molar-refractivity contribution in [3.8, 4) is 0 Å². The Hall–Kier alpha value is -3.75. The fourth-order valence-corrected chi connectivity index (χ4v) is 3.56. The third-order valence-electron chi connectivity index (χ3n) is 4.98. The van der Waals surface area contributed by atoms with Crippen LogP contribution in [0, 0.1) is 13.8 Å². The molecular formula is C23H20F3N5O. The summed E-state index contributed by atoms with van der Waals surface area (Å²) in [6.07, 6.45) is -5.05. The summed E-state index contributed by atoms with van der Waals surface area (Å²) in [6.45, 7) is 3.20. The summed E-state index contributed by atoms with van der Waals surface area (Å²) in [6, 6.07) is 18.7. The third kappa shape index (κ3) is 3.93. The van der Waals surface area contributed by atoms with Crippen molar-refractivity contribution in [3.63, 3.8) is 0 Å². The summed E-state index contributed by atoms with van der Waals surface area (Å²) in [5.41, 5.74) is -1.24. The summed E-state index contributed by atoms with van der Waals surface area (Å²) in [4.78, 5) is 26.5. The quantitative estimate of drug-likeness (QED) is 0.645. The minimum absolute atomic E-state index is 0.0688. The molecule has 0 fully saturated rings. The van der Waals surface area contributed by atoms with Crippen molar-refractivity contribution in [2.24, 2.45) is 4.99 Å². The molecule has 1 aromatic heterocycles. The number of amidine groups is 1. The lowest BCUT2D eigenvalue weighted by Crippen LogP contribution is -2.58. The third-order valence-corrected chi connectivity index (χ3v) is 4.98. The van der Waals surface area contributed by atoms with Crippen molar-refractivity contribution in [1.82, 2.24) is 14.9 Å². The molecule has 0 saturated carbocycles. The monoisotopic (exact) mass is 439 g/mol. The molecule has 0 bridgehead atoms. The highest BCUT2D eigenvalue weighted by Crippen LogP contribution is 2.41. The number of anilines is 1. The van der Waals surface area contributed by atoms with Gasteiger partial charge in [0, 0.05) is 17.0 Å². The normalized spacial score (nSPS) is 18.6. The van der Waals surface area contributed by atoms with Crippen molar-refractivity contribution in [3.05, 3.63) is 89.2 Å². The van der Waals surface area contributed by atoms with Crippen LogP contribution in [0.2, 0.25) is 0 Å². The van der Waals surface area contributed by atoms with Crippen molar-refractivity contribution in [1.29, 1.82) is 0 Å². The van der Waals surface area contributed by atoms with Gasteiger partial charge in [0.1, 0.15) is 5.84 Å². The number of rotatable bonds is 5.